The van der Waals surface area contributed by atoms with E-state index in [0.29, 0.717) is 16.8 Å². The highest BCUT2D eigenvalue weighted by Crippen LogP contribution is 2.44. The molecule has 1 aromatic carbocycles. The second-order valence-corrected chi connectivity index (χ2v) is 5.27. The summed E-state index contributed by atoms with van der Waals surface area (Å²) in [5.74, 6) is 1.08. The van der Waals surface area contributed by atoms with Gasteiger partial charge in [0.2, 0.25) is 0 Å². The van der Waals surface area contributed by atoms with Crippen LogP contribution in [0, 0.1) is 0 Å². The summed E-state index contributed by atoms with van der Waals surface area (Å²) >= 11 is 6.24. The zero-order chi connectivity index (χ0) is 13.0. The molecule has 6 heteroatoms. The van der Waals surface area contributed by atoms with Gasteiger partial charge in [-0.05, 0) is 25.0 Å². The van der Waals surface area contributed by atoms with Crippen LogP contribution in [0.1, 0.15) is 24.5 Å². The van der Waals surface area contributed by atoms with Crippen LogP contribution >= 0.6 is 11.6 Å². The van der Waals surface area contributed by atoms with Gasteiger partial charge in [-0.3, -0.25) is 5.10 Å². The number of rotatable bonds is 2. The Morgan fingerprint density at radius 1 is 1.32 bits per heavy atom. The van der Waals surface area contributed by atoms with Crippen molar-refractivity contribution in [3.8, 4) is 5.69 Å². The Morgan fingerprint density at radius 3 is 2.84 bits per heavy atom. The number of anilines is 1. The van der Waals surface area contributed by atoms with Gasteiger partial charge in [0.25, 0.3) is 0 Å². The number of benzene rings is 1. The average molecular weight is 274 g/mol. The smallest absolute Gasteiger partial charge is 0.186 e. The first-order chi connectivity index (χ1) is 9.25. The molecule has 0 spiro atoms. The van der Waals surface area contributed by atoms with E-state index in [9.17, 15) is 0 Å². The average Bonchev–Trinajstić information content (AvgIpc) is 3.08. The summed E-state index contributed by atoms with van der Waals surface area (Å²) in [4.78, 5) is 0. The SMILES string of the molecule is Nc1[nH]nc2c1c(C1CC1)nn2-c1ccccc1Cl. The number of hydrogen-bond donors (Lipinski definition) is 2. The summed E-state index contributed by atoms with van der Waals surface area (Å²) in [6, 6.07) is 7.60. The lowest BCUT2D eigenvalue weighted by Crippen LogP contribution is -1.99. The van der Waals surface area contributed by atoms with Gasteiger partial charge in [0.1, 0.15) is 5.82 Å². The Morgan fingerprint density at radius 2 is 2.11 bits per heavy atom. The molecule has 2 heterocycles. The van der Waals surface area contributed by atoms with Crippen LogP contribution < -0.4 is 5.73 Å². The Balaban J connectivity index is 2.03. The second kappa shape index (κ2) is 3.74. The van der Waals surface area contributed by atoms with Crippen LogP contribution in [0.2, 0.25) is 5.02 Å². The van der Waals surface area contributed by atoms with Crippen LogP contribution in [0.15, 0.2) is 24.3 Å². The van der Waals surface area contributed by atoms with E-state index in [0.717, 1.165) is 22.4 Å². The van der Waals surface area contributed by atoms with Crippen molar-refractivity contribution in [2.24, 2.45) is 0 Å². The maximum Gasteiger partial charge on any atom is 0.186 e. The second-order valence-electron chi connectivity index (χ2n) is 4.86. The number of aromatic nitrogens is 4. The van der Waals surface area contributed by atoms with E-state index in [2.05, 4.69) is 15.3 Å². The van der Waals surface area contributed by atoms with E-state index in [1.54, 1.807) is 4.68 Å². The molecule has 1 aliphatic rings. The number of aromatic amines is 1. The van der Waals surface area contributed by atoms with E-state index < -0.39 is 0 Å². The predicted octanol–water partition coefficient (Wildman–Crippen LogP) is 2.86. The lowest BCUT2D eigenvalue weighted by Gasteiger charge is -2.03. The number of nitrogens with one attached hydrogen (secondary N) is 1. The van der Waals surface area contributed by atoms with Crippen LogP contribution in [0.25, 0.3) is 16.7 Å². The van der Waals surface area contributed by atoms with Gasteiger partial charge in [0.15, 0.2) is 5.65 Å². The molecule has 0 aliphatic heterocycles. The maximum atomic E-state index is 6.24. The number of para-hydroxylation sites is 1. The molecular weight excluding hydrogens is 262 g/mol. The zero-order valence-electron chi connectivity index (χ0n) is 10.1. The summed E-state index contributed by atoms with van der Waals surface area (Å²) in [5.41, 5.74) is 8.57. The van der Waals surface area contributed by atoms with Crippen LogP contribution in [-0.4, -0.2) is 20.0 Å². The van der Waals surface area contributed by atoms with Gasteiger partial charge in [0, 0.05) is 5.92 Å². The van der Waals surface area contributed by atoms with Crippen molar-refractivity contribution < 1.29 is 0 Å². The van der Waals surface area contributed by atoms with Crippen molar-refractivity contribution in [1.29, 1.82) is 0 Å². The number of nitrogen functional groups attached to an aromatic ring is 1. The van der Waals surface area contributed by atoms with Crippen molar-refractivity contribution in [3.63, 3.8) is 0 Å². The van der Waals surface area contributed by atoms with Gasteiger partial charge in [-0.15, -0.1) is 0 Å². The monoisotopic (exact) mass is 273 g/mol. The fourth-order valence-electron chi connectivity index (χ4n) is 2.39. The molecule has 4 rings (SSSR count). The summed E-state index contributed by atoms with van der Waals surface area (Å²) in [7, 11) is 0. The standard InChI is InChI=1S/C13H12ClN5/c14-8-3-1-2-4-9(8)19-13-10(12(15)16-17-13)11(18-19)7-5-6-7/h1-4,7H,5-6H2,(H3,15,16,17). The van der Waals surface area contributed by atoms with Crippen LogP contribution in [0.3, 0.4) is 0 Å². The number of fused-ring (bicyclic) bond motifs is 1. The highest BCUT2D eigenvalue weighted by Gasteiger charge is 2.31. The van der Waals surface area contributed by atoms with Crippen molar-refractivity contribution in [3.05, 3.63) is 35.0 Å². The van der Waals surface area contributed by atoms with Crippen molar-refractivity contribution in [2.45, 2.75) is 18.8 Å². The Kier molecular flexibility index (Phi) is 2.14. The van der Waals surface area contributed by atoms with E-state index in [4.69, 9.17) is 17.3 Å². The van der Waals surface area contributed by atoms with E-state index in [1.165, 1.54) is 12.8 Å². The minimum absolute atomic E-state index is 0.506. The molecule has 0 radical (unpaired) electrons. The van der Waals surface area contributed by atoms with Crippen LogP contribution in [-0.2, 0) is 0 Å². The molecule has 0 amide bonds. The molecule has 0 unspecified atom stereocenters. The first-order valence-electron chi connectivity index (χ1n) is 6.23. The summed E-state index contributed by atoms with van der Waals surface area (Å²) < 4.78 is 1.78. The third kappa shape index (κ3) is 1.55. The van der Waals surface area contributed by atoms with Gasteiger partial charge in [0.05, 0.1) is 21.8 Å². The molecule has 1 fully saturated rings. The van der Waals surface area contributed by atoms with Crippen molar-refractivity contribution in [1.82, 2.24) is 20.0 Å². The third-order valence-electron chi connectivity index (χ3n) is 3.48. The molecular formula is C13H12ClN5. The third-order valence-corrected chi connectivity index (χ3v) is 3.80. The highest BCUT2D eigenvalue weighted by atomic mass is 35.5. The first kappa shape index (κ1) is 10.9. The number of H-pyrrole nitrogens is 1. The summed E-state index contributed by atoms with van der Waals surface area (Å²) in [6.07, 6.45) is 2.33. The van der Waals surface area contributed by atoms with Crippen molar-refractivity contribution >= 4 is 28.5 Å². The van der Waals surface area contributed by atoms with Crippen LogP contribution in [0.5, 0.6) is 0 Å². The van der Waals surface area contributed by atoms with Gasteiger partial charge in [-0.1, -0.05) is 23.7 Å². The van der Waals surface area contributed by atoms with Crippen molar-refractivity contribution in [2.75, 3.05) is 5.73 Å². The minimum Gasteiger partial charge on any atom is -0.383 e. The number of nitrogens with two attached hydrogens (primary N) is 1. The summed E-state index contributed by atoms with van der Waals surface area (Å²) in [5, 5.41) is 13.3. The molecule has 3 N–H and O–H groups in total. The molecule has 19 heavy (non-hydrogen) atoms. The molecule has 0 bridgehead atoms. The number of halogens is 1. The minimum atomic E-state index is 0.506. The highest BCUT2D eigenvalue weighted by molar-refractivity contribution is 6.32. The quantitative estimate of drug-likeness (QED) is 0.754. The Hall–Kier alpha value is -2.01. The first-order valence-corrected chi connectivity index (χ1v) is 6.61. The van der Waals surface area contributed by atoms with Crippen LogP contribution in [0.4, 0.5) is 5.82 Å². The number of hydrogen-bond acceptors (Lipinski definition) is 3. The zero-order valence-corrected chi connectivity index (χ0v) is 10.9. The Labute approximate surface area is 114 Å². The normalized spacial score (nSPS) is 15.2. The largest absolute Gasteiger partial charge is 0.383 e. The van der Waals surface area contributed by atoms with Gasteiger partial charge < -0.3 is 5.73 Å². The number of nitrogens with zero attached hydrogens (tertiary/aromatic N) is 3. The molecule has 5 nitrogen and oxygen atoms in total. The van der Waals surface area contributed by atoms with E-state index >= 15 is 0 Å². The van der Waals surface area contributed by atoms with E-state index in [1.807, 2.05) is 24.3 Å². The van der Waals surface area contributed by atoms with Gasteiger partial charge >= 0.3 is 0 Å². The molecule has 0 atom stereocenters. The molecule has 3 aromatic rings. The lowest BCUT2D eigenvalue weighted by atomic mass is 10.2. The molecule has 2 aromatic heterocycles. The van der Waals surface area contributed by atoms with Gasteiger partial charge in [-0.25, -0.2) is 4.68 Å². The molecule has 1 saturated carbocycles. The maximum absolute atomic E-state index is 6.24. The molecule has 1 aliphatic carbocycles. The van der Waals surface area contributed by atoms with E-state index in [-0.39, 0.29) is 0 Å². The topological polar surface area (TPSA) is 72.5 Å². The summed E-state index contributed by atoms with van der Waals surface area (Å²) in [6.45, 7) is 0. The Bertz CT molecular complexity index is 769. The lowest BCUT2D eigenvalue weighted by molar-refractivity contribution is 0.840. The molecule has 96 valence electrons. The van der Waals surface area contributed by atoms with Gasteiger partial charge in [-0.2, -0.15) is 10.2 Å². The predicted molar refractivity (Wildman–Crippen MR) is 74.6 cm³/mol. The molecule has 0 saturated heterocycles. The fourth-order valence-corrected chi connectivity index (χ4v) is 2.61. The fraction of sp³-hybridized carbons (Fsp3) is 0.231.